The Morgan fingerprint density at radius 2 is 0.577 bits per heavy atom. The van der Waals surface area contributed by atoms with Gasteiger partial charge in [-0.05, 0) is 106 Å². The molecule has 2 nitrogen and oxygen atoms in total. The number of nitrogens with one attached hydrogen (secondary N) is 2. The van der Waals surface area contributed by atoms with Crippen LogP contribution in [0.15, 0.2) is 78.9 Å². The summed E-state index contributed by atoms with van der Waals surface area (Å²) in [5.41, 5.74) is 17.6. The smallest absolute Gasteiger partial charge is 4.00 e. The van der Waals surface area contributed by atoms with Gasteiger partial charge in [0.2, 0.25) is 0 Å². The Morgan fingerprint density at radius 1 is 0.342 bits per heavy atom. The molecule has 646 valence electrons. The Kier molecular flexibility index (Phi) is 86.6. The Labute approximate surface area is 776 Å². The molecule has 12 aliphatic rings. The zero-order chi connectivity index (χ0) is 75.2. The number of hydrogen-bond acceptors (Lipinski definition) is 0. The van der Waals surface area contributed by atoms with E-state index in [4.69, 9.17) is 62.5 Å². The van der Waals surface area contributed by atoms with E-state index in [9.17, 15) is 0 Å². The second-order valence-electron chi connectivity index (χ2n) is 36.5. The van der Waals surface area contributed by atoms with E-state index < -0.39 is 78.7 Å². The standard InChI is InChI=1S/C25H38Si.C20H28Si.4C9H18.2C4H10N.8CH3.6ClH.Hf.3Zr/c1-26(21-11-3-2-4-12-21,24-17-15-19-9-5-7-13-22(19)24)25-18-16-20-10-6-8-14-23(20)25;1-21(2,19-13-11-15-7-3-5-9-17(15)19)20-14-12-16-8-4-6-10-18(16)20;4*1-2-3-6-9-7-4-5-8-9;2*1-4(2,3)5;;;;;;;;;;;;;;;;;;/h2-4,11-12,19-20,22-25H,5-10,13-18H2,1H3;3-10,15-20H,11-14H2,1-2H3;4*9H,2-8H2,1H3;2*5H,1-3H3;8*1H3;6*1H;;;;/q;;;;;;10*-1;;;;;;;4*+4/p-6. The molecular weight excluding hydrogens is 1910 g/mol. The van der Waals surface area contributed by atoms with E-state index in [0.29, 0.717) is 0 Å². The van der Waals surface area contributed by atoms with Gasteiger partial charge in [-0.25, -0.2) is 0 Å². The molecule has 0 heterocycles. The van der Waals surface area contributed by atoms with Crippen molar-refractivity contribution in [2.24, 2.45) is 71.0 Å². The third kappa shape index (κ3) is 51.7. The molecule has 12 unspecified atom stereocenters. The molecule has 0 amide bonds. The van der Waals surface area contributed by atoms with Gasteiger partial charge in [0.1, 0.15) is 0 Å². The molecule has 1 aromatic rings. The van der Waals surface area contributed by atoms with Crippen molar-refractivity contribution in [1.82, 2.24) is 0 Å². The van der Waals surface area contributed by atoms with E-state index in [1.165, 1.54) is 231 Å². The van der Waals surface area contributed by atoms with E-state index in [1.54, 1.807) is 51.4 Å². The van der Waals surface area contributed by atoms with Gasteiger partial charge in [-0.1, -0.05) is 443 Å². The minimum atomic E-state index is -1.48. The van der Waals surface area contributed by atoms with Crippen LogP contribution in [-0.2, 0) is 88.4 Å². The fraction of sp³-hybridized carbons (Fsp3) is 0.773. The average Bonchev–Trinajstić information content (AvgIpc) is 1.65. The van der Waals surface area contributed by atoms with Crippen molar-refractivity contribution < 1.29 is 88.4 Å². The summed E-state index contributed by atoms with van der Waals surface area (Å²) in [6.07, 6.45) is 85.3. The topological polar surface area (TPSA) is 47.6 Å². The minimum Gasteiger partial charge on any atom is 4.00 e. The predicted octanol–water partition coefficient (Wildman–Crippen LogP) is 37.5. The number of fused-ring (bicyclic) bond motifs is 4. The van der Waals surface area contributed by atoms with E-state index in [-0.39, 0.29) is 96.3 Å². The van der Waals surface area contributed by atoms with Crippen LogP contribution < -0.4 is 5.19 Å². The first-order valence-electron chi connectivity index (χ1n) is 43.1. The largest absolute Gasteiger partial charge is 4.00 e. The number of rotatable bonds is 17. The average molecular weight is 2100 g/mol. The quantitative estimate of drug-likeness (QED) is 0.110. The van der Waals surface area contributed by atoms with E-state index in [1.807, 2.05) is 46.7 Å². The zero-order valence-corrected chi connectivity index (χ0v) is 94.1. The zero-order valence-electron chi connectivity index (χ0n) is 76.6. The Bertz CT molecular complexity index is 2110. The monoisotopic (exact) mass is 2090 g/mol. The van der Waals surface area contributed by atoms with Crippen LogP contribution in [0, 0.1) is 130 Å². The number of hydrogen-bond donors (Lipinski definition) is 0. The van der Waals surface area contributed by atoms with Crippen LogP contribution in [0.25, 0.3) is 11.5 Å². The SMILES string of the molecule is CC(C)(C)[NH-].CC(C)(C)[NH-].CCCCC1CCCC1.CCCCC1CCCC1.CCCCC1CCCC1.CCCCC1CCCC1.C[Si](C)(C1CCC2C=CC=CC21)C1CCC2C=CC=CC21.C[Si](c1ccccc1)(C1CCC2CCCCC21)C1CCC2CCCCC21.[CH3-].[CH3-].[CH3-].[CH3-].[CH3-].[CH3-].[CH3-].[CH3-].[Cl][Zr+2][Cl].[Cl][Zr+2][Cl].[Cl][Zr+2][Cl].[Hf+4]. The summed E-state index contributed by atoms with van der Waals surface area (Å²) in [6.45, 7) is 28.6. The maximum absolute atomic E-state index is 6.94. The maximum Gasteiger partial charge on any atom is 4.00 e. The van der Waals surface area contributed by atoms with Crippen molar-refractivity contribution in [3.63, 3.8) is 0 Å². The van der Waals surface area contributed by atoms with E-state index in [0.717, 1.165) is 93.2 Å². The van der Waals surface area contributed by atoms with Crippen molar-refractivity contribution in [2.75, 3.05) is 0 Å². The summed E-state index contributed by atoms with van der Waals surface area (Å²) >= 11 is -2.48. The number of halogens is 6. The van der Waals surface area contributed by atoms with Gasteiger partial charge in [0.05, 0.1) is 16.1 Å². The van der Waals surface area contributed by atoms with Crippen molar-refractivity contribution in [1.29, 1.82) is 0 Å². The molecule has 13 rings (SSSR count). The van der Waals surface area contributed by atoms with Gasteiger partial charge in [0.25, 0.3) is 0 Å². The van der Waals surface area contributed by atoms with Crippen LogP contribution in [-0.4, -0.2) is 27.2 Å². The fourth-order valence-electron chi connectivity index (χ4n) is 21.5. The first-order valence-corrected chi connectivity index (χ1v) is 67.9. The summed E-state index contributed by atoms with van der Waals surface area (Å²) in [5, 5.41) is 1.83. The second-order valence-corrected chi connectivity index (χ2v) is 57.5. The van der Waals surface area contributed by atoms with Gasteiger partial charge < -0.3 is 70.9 Å². The first kappa shape index (κ1) is 128. The molecule has 12 atom stereocenters. The van der Waals surface area contributed by atoms with Crippen molar-refractivity contribution >= 4 is 72.4 Å². The third-order valence-electron chi connectivity index (χ3n) is 26.4. The summed E-state index contributed by atoms with van der Waals surface area (Å²) in [4.78, 5) is 0. The van der Waals surface area contributed by atoms with Crippen LogP contribution >= 0.6 is 51.1 Å². The Balaban J connectivity index is -0.000000230. The van der Waals surface area contributed by atoms with Crippen molar-refractivity contribution in [3.05, 3.63) is 150 Å². The van der Waals surface area contributed by atoms with Crippen LogP contribution in [0.1, 0.15) is 352 Å². The fourth-order valence-corrected chi connectivity index (χ4v) is 33.1. The van der Waals surface area contributed by atoms with Crippen LogP contribution in [0.2, 0.25) is 41.8 Å². The number of benzene rings is 1. The van der Waals surface area contributed by atoms with Gasteiger partial charge in [-0.15, -0.1) is 11.1 Å². The maximum atomic E-state index is 6.94. The number of unbranched alkanes of at least 4 members (excludes halogenated alkanes) is 4. The summed E-state index contributed by atoms with van der Waals surface area (Å²) in [7, 11) is 26.9. The Hall–Kier alpha value is 3.79. The van der Waals surface area contributed by atoms with Crippen LogP contribution in [0.3, 0.4) is 0 Å². The molecular formula is C97H182Cl6HfN2Si2Zr3. The summed E-state index contributed by atoms with van der Waals surface area (Å²) in [5.74, 6) is 12.2. The molecule has 1 aromatic carbocycles. The second kappa shape index (κ2) is 75.2. The molecule has 12 aliphatic carbocycles. The number of allylic oxidation sites excluding steroid dienone is 8. The third-order valence-corrected chi connectivity index (χ3v) is 37.7. The normalized spacial score (nSPS) is 26.4. The van der Waals surface area contributed by atoms with Gasteiger partial charge in [-0.2, -0.15) is 0 Å². The van der Waals surface area contributed by atoms with Crippen molar-refractivity contribution in [3.8, 4) is 0 Å². The van der Waals surface area contributed by atoms with Crippen molar-refractivity contribution in [2.45, 2.75) is 405 Å². The predicted molar refractivity (Wildman–Crippen MR) is 509 cm³/mol. The van der Waals surface area contributed by atoms with Gasteiger partial charge in [0, 0.05) is 0 Å². The van der Waals surface area contributed by atoms with Crippen LogP contribution in [0.4, 0.5) is 0 Å². The van der Waals surface area contributed by atoms with Gasteiger partial charge in [0.15, 0.2) is 0 Å². The van der Waals surface area contributed by atoms with E-state index >= 15 is 0 Å². The van der Waals surface area contributed by atoms with E-state index in [2.05, 4.69) is 126 Å². The molecule has 0 spiro atoms. The van der Waals surface area contributed by atoms with Crippen LogP contribution in [0.5, 0.6) is 0 Å². The molecule has 14 heteroatoms. The molecule has 10 saturated carbocycles. The van der Waals surface area contributed by atoms with Gasteiger partial charge in [-0.3, -0.25) is 0 Å². The summed E-state index contributed by atoms with van der Waals surface area (Å²) < 4.78 is 0. The molecule has 0 bridgehead atoms. The molecule has 2 N–H and O–H groups in total. The van der Waals surface area contributed by atoms with Gasteiger partial charge >= 0.3 is 139 Å². The molecule has 0 aliphatic heterocycles. The molecule has 10 fully saturated rings. The Morgan fingerprint density at radius 3 is 0.838 bits per heavy atom. The molecule has 0 aromatic heterocycles. The minimum absolute atomic E-state index is 0. The molecule has 0 radical (unpaired) electrons. The first-order chi connectivity index (χ1) is 48.9. The molecule has 0 saturated heterocycles. The summed E-state index contributed by atoms with van der Waals surface area (Å²) in [6, 6.07) is 12.0. The molecule has 111 heavy (non-hydrogen) atoms.